The molecule has 0 saturated heterocycles. The average Bonchev–Trinajstić information content (AvgIpc) is 2.81. The van der Waals surface area contributed by atoms with E-state index in [2.05, 4.69) is 58.1 Å². The van der Waals surface area contributed by atoms with E-state index in [0.717, 1.165) is 27.8 Å². The Morgan fingerprint density at radius 3 is 2.83 bits per heavy atom. The molecule has 2 rings (SSSR count). The zero-order valence-electron chi connectivity index (χ0n) is 10.9. The summed E-state index contributed by atoms with van der Waals surface area (Å²) in [7, 11) is 0. The van der Waals surface area contributed by atoms with E-state index in [1.165, 1.54) is 4.88 Å². The molecule has 1 N–H and O–H groups in total. The van der Waals surface area contributed by atoms with Crippen molar-refractivity contribution in [1.82, 2.24) is 9.97 Å². The van der Waals surface area contributed by atoms with Gasteiger partial charge in [0.1, 0.15) is 17.0 Å². The highest BCUT2D eigenvalue weighted by atomic mass is 79.9. The third-order valence-corrected chi connectivity index (χ3v) is 5.40. The van der Waals surface area contributed by atoms with Gasteiger partial charge in [-0.1, -0.05) is 29.8 Å². The van der Waals surface area contributed by atoms with Gasteiger partial charge in [0, 0.05) is 16.2 Å². The van der Waals surface area contributed by atoms with Crippen molar-refractivity contribution in [3.8, 4) is 0 Å². The molecular weight excluding hydrogens is 310 g/mol. The van der Waals surface area contributed by atoms with E-state index in [9.17, 15) is 0 Å². The number of nitrogens with zero attached hydrogens (tertiary/aromatic N) is 2. The highest BCUT2D eigenvalue weighted by Gasteiger charge is 2.14. The summed E-state index contributed by atoms with van der Waals surface area (Å²) in [6.45, 7) is 6.57. The molecule has 3 nitrogen and oxygen atoms in total. The lowest BCUT2D eigenvalue weighted by Crippen LogP contribution is -2.25. The number of hydrogen-bond donors (Lipinski definition) is 1. The minimum absolute atomic E-state index is 0.382. The molecule has 2 heterocycles. The lowest BCUT2D eigenvalue weighted by molar-refractivity contribution is 0.571. The Bertz CT molecular complexity index is 526. The van der Waals surface area contributed by atoms with Crippen LogP contribution in [-0.4, -0.2) is 21.3 Å². The van der Waals surface area contributed by atoms with Gasteiger partial charge in [0.2, 0.25) is 0 Å². The van der Waals surface area contributed by atoms with Crippen LogP contribution < -0.4 is 5.32 Å². The molecule has 0 aliphatic rings. The number of aromatic nitrogens is 2. The standard InChI is InChI=1S/C13H18BrN3S/c1-4-10-5-11-12(15-7-16-13(11)18-10)17-9(3)8(2)6-14/h5,7-9H,4,6H2,1-3H3,(H,15,16,17). The maximum atomic E-state index is 4.38. The fourth-order valence-electron chi connectivity index (χ4n) is 1.69. The molecule has 98 valence electrons. The molecule has 2 atom stereocenters. The van der Waals surface area contributed by atoms with Crippen molar-refractivity contribution >= 4 is 43.3 Å². The van der Waals surface area contributed by atoms with Gasteiger partial charge in [-0.2, -0.15) is 0 Å². The number of hydrogen-bond acceptors (Lipinski definition) is 4. The van der Waals surface area contributed by atoms with Crippen LogP contribution in [-0.2, 0) is 6.42 Å². The van der Waals surface area contributed by atoms with Crippen LogP contribution in [0.2, 0.25) is 0 Å². The van der Waals surface area contributed by atoms with E-state index in [1.54, 1.807) is 17.7 Å². The normalized spacial score (nSPS) is 14.7. The minimum Gasteiger partial charge on any atom is -0.367 e. The van der Waals surface area contributed by atoms with Crippen LogP contribution in [0.5, 0.6) is 0 Å². The predicted molar refractivity (Wildman–Crippen MR) is 82.8 cm³/mol. The predicted octanol–water partition coefficient (Wildman–Crippen LogP) is 4.09. The monoisotopic (exact) mass is 327 g/mol. The smallest absolute Gasteiger partial charge is 0.138 e. The first-order valence-corrected chi connectivity index (χ1v) is 8.15. The van der Waals surface area contributed by atoms with E-state index in [1.807, 2.05) is 0 Å². The molecule has 0 radical (unpaired) electrons. The maximum Gasteiger partial charge on any atom is 0.138 e. The van der Waals surface area contributed by atoms with Gasteiger partial charge >= 0.3 is 0 Å². The molecule has 0 aliphatic carbocycles. The quantitative estimate of drug-likeness (QED) is 0.840. The van der Waals surface area contributed by atoms with Gasteiger partial charge in [-0.3, -0.25) is 0 Å². The number of anilines is 1. The van der Waals surface area contributed by atoms with E-state index in [0.29, 0.717) is 12.0 Å². The Hall–Kier alpha value is -0.680. The minimum atomic E-state index is 0.382. The van der Waals surface area contributed by atoms with Crippen LogP contribution >= 0.6 is 27.3 Å². The fourth-order valence-corrected chi connectivity index (χ4v) is 3.18. The topological polar surface area (TPSA) is 37.8 Å². The van der Waals surface area contributed by atoms with Crippen LogP contribution in [0.3, 0.4) is 0 Å². The fraction of sp³-hybridized carbons (Fsp3) is 0.538. The second-order valence-electron chi connectivity index (χ2n) is 4.57. The SMILES string of the molecule is CCc1cc2c(NC(C)C(C)CBr)ncnc2s1. The second kappa shape index (κ2) is 5.97. The number of rotatable bonds is 5. The Labute approximate surface area is 120 Å². The van der Waals surface area contributed by atoms with E-state index in [-0.39, 0.29) is 0 Å². The van der Waals surface area contributed by atoms with Crippen molar-refractivity contribution in [3.05, 3.63) is 17.3 Å². The third kappa shape index (κ3) is 2.83. The molecule has 2 unspecified atom stereocenters. The number of halogens is 1. The van der Waals surface area contributed by atoms with Crippen molar-refractivity contribution in [2.24, 2.45) is 5.92 Å². The number of aryl methyl sites for hydroxylation is 1. The summed E-state index contributed by atoms with van der Waals surface area (Å²) < 4.78 is 0. The number of nitrogens with one attached hydrogen (secondary N) is 1. The molecule has 5 heteroatoms. The van der Waals surface area contributed by atoms with Crippen molar-refractivity contribution in [2.45, 2.75) is 33.2 Å². The summed E-state index contributed by atoms with van der Waals surface area (Å²) >= 11 is 5.28. The van der Waals surface area contributed by atoms with Gasteiger partial charge in [-0.05, 0) is 25.3 Å². The lowest BCUT2D eigenvalue weighted by atomic mass is 10.1. The maximum absolute atomic E-state index is 4.38. The summed E-state index contributed by atoms with van der Waals surface area (Å²) in [5.74, 6) is 1.51. The van der Waals surface area contributed by atoms with Gasteiger partial charge in [-0.15, -0.1) is 11.3 Å². The summed E-state index contributed by atoms with van der Waals surface area (Å²) in [5.41, 5.74) is 0. The highest BCUT2D eigenvalue weighted by molar-refractivity contribution is 9.09. The molecular formula is C13H18BrN3S. The molecule has 0 saturated carbocycles. The molecule has 0 amide bonds. The Kier molecular flexibility index (Phi) is 4.56. The lowest BCUT2D eigenvalue weighted by Gasteiger charge is -2.20. The van der Waals surface area contributed by atoms with E-state index in [4.69, 9.17) is 0 Å². The van der Waals surface area contributed by atoms with Crippen molar-refractivity contribution in [1.29, 1.82) is 0 Å². The molecule has 0 spiro atoms. The zero-order chi connectivity index (χ0) is 13.1. The largest absolute Gasteiger partial charge is 0.367 e. The van der Waals surface area contributed by atoms with Gasteiger partial charge < -0.3 is 5.32 Å². The van der Waals surface area contributed by atoms with Gasteiger partial charge in [0.25, 0.3) is 0 Å². The molecule has 2 aromatic rings. The zero-order valence-corrected chi connectivity index (χ0v) is 13.3. The van der Waals surface area contributed by atoms with Crippen molar-refractivity contribution in [2.75, 3.05) is 10.6 Å². The van der Waals surface area contributed by atoms with Gasteiger partial charge in [0.15, 0.2) is 0 Å². The summed E-state index contributed by atoms with van der Waals surface area (Å²) in [4.78, 5) is 11.1. The first-order valence-electron chi connectivity index (χ1n) is 6.21. The Balaban J connectivity index is 2.30. The number of thiophene rings is 1. The average molecular weight is 328 g/mol. The summed E-state index contributed by atoms with van der Waals surface area (Å²) in [6, 6.07) is 2.58. The molecule has 0 aliphatic heterocycles. The van der Waals surface area contributed by atoms with Crippen molar-refractivity contribution in [3.63, 3.8) is 0 Å². The molecule has 0 bridgehead atoms. The molecule has 0 fully saturated rings. The first kappa shape index (κ1) is 13.7. The van der Waals surface area contributed by atoms with Crippen molar-refractivity contribution < 1.29 is 0 Å². The van der Waals surface area contributed by atoms with Crippen LogP contribution in [0.1, 0.15) is 25.6 Å². The van der Waals surface area contributed by atoms with E-state index < -0.39 is 0 Å². The molecule has 0 aromatic carbocycles. The van der Waals surface area contributed by atoms with Crippen LogP contribution in [0, 0.1) is 5.92 Å². The highest BCUT2D eigenvalue weighted by Crippen LogP contribution is 2.29. The summed E-state index contributed by atoms with van der Waals surface area (Å²) in [6.07, 6.45) is 2.69. The Morgan fingerprint density at radius 1 is 1.39 bits per heavy atom. The van der Waals surface area contributed by atoms with Crippen LogP contribution in [0.15, 0.2) is 12.4 Å². The van der Waals surface area contributed by atoms with E-state index >= 15 is 0 Å². The Morgan fingerprint density at radius 2 is 2.17 bits per heavy atom. The second-order valence-corrected chi connectivity index (χ2v) is 6.33. The summed E-state index contributed by atoms with van der Waals surface area (Å²) in [5, 5.41) is 5.63. The number of fused-ring (bicyclic) bond motifs is 1. The number of alkyl halides is 1. The molecule has 18 heavy (non-hydrogen) atoms. The van der Waals surface area contributed by atoms with Gasteiger partial charge in [-0.25, -0.2) is 9.97 Å². The van der Waals surface area contributed by atoms with Crippen LogP contribution in [0.25, 0.3) is 10.2 Å². The van der Waals surface area contributed by atoms with Crippen LogP contribution in [0.4, 0.5) is 5.82 Å². The van der Waals surface area contributed by atoms with Gasteiger partial charge in [0.05, 0.1) is 5.39 Å². The molecule has 2 aromatic heterocycles. The first-order chi connectivity index (χ1) is 8.65. The third-order valence-electron chi connectivity index (χ3n) is 3.19.